The minimum Gasteiger partial charge on any atom is -0.492 e. The Morgan fingerprint density at radius 1 is 0.902 bits per heavy atom. The number of benzene rings is 1. The summed E-state index contributed by atoms with van der Waals surface area (Å²) < 4.78 is 6.08. The molecule has 0 aliphatic heterocycles. The maximum absolute atomic E-state index is 12.5. The first-order chi connectivity index (χ1) is 19.4. The number of Topliss-reactive ketones (excluding diaryl/α,β-unsaturated/α-hetero) is 1. The molecular weight excluding hydrogens is 571 g/mol. The van der Waals surface area contributed by atoms with Gasteiger partial charge in [0.2, 0.25) is 0 Å². The van der Waals surface area contributed by atoms with E-state index >= 15 is 0 Å². The molecular formula is C34H48Cl2N2O2S. The van der Waals surface area contributed by atoms with Gasteiger partial charge in [-0.05, 0) is 67.1 Å². The Morgan fingerprint density at radius 2 is 1.49 bits per heavy atom. The van der Waals surface area contributed by atoms with Crippen molar-refractivity contribution in [2.75, 3.05) is 6.61 Å². The first-order valence-electron chi connectivity index (χ1n) is 15.3. The van der Waals surface area contributed by atoms with Crippen molar-refractivity contribution in [2.24, 2.45) is 23.2 Å². The number of carbonyl (C=O) groups is 1. The lowest BCUT2D eigenvalue weighted by molar-refractivity contribution is 0.0356. The fraction of sp³-hybridized carbons (Fsp3) is 0.618. The monoisotopic (exact) mass is 618 g/mol. The highest BCUT2D eigenvalue weighted by molar-refractivity contribution is 7.21. The number of thiophene rings is 1. The number of halogens is 2. The predicted octanol–water partition coefficient (Wildman–Crippen LogP) is 11.6. The molecule has 0 fully saturated rings. The first-order valence-corrected chi connectivity index (χ1v) is 16.9. The maximum Gasteiger partial charge on any atom is 0.170 e. The van der Waals surface area contributed by atoms with Gasteiger partial charge in [0.05, 0.1) is 21.9 Å². The predicted molar refractivity (Wildman–Crippen MR) is 177 cm³/mol. The van der Waals surface area contributed by atoms with Crippen molar-refractivity contribution >= 4 is 50.5 Å². The van der Waals surface area contributed by atoms with Gasteiger partial charge in [-0.2, -0.15) is 0 Å². The summed E-state index contributed by atoms with van der Waals surface area (Å²) in [4.78, 5) is 22.2. The normalized spacial score (nSPS) is 12.3. The zero-order valence-corrected chi connectivity index (χ0v) is 28.5. The molecule has 2 aromatic heterocycles. The topological polar surface area (TPSA) is 52.1 Å². The van der Waals surface area contributed by atoms with Crippen molar-refractivity contribution in [1.82, 2.24) is 9.97 Å². The highest BCUT2D eigenvalue weighted by Gasteiger charge is 2.39. The van der Waals surface area contributed by atoms with Gasteiger partial charge >= 0.3 is 0 Å². The largest absolute Gasteiger partial charge is 0.492 e. The Balaban J connectivity index is 1.49. The molecule has 1 aromatic carbocycles. The highest BCUT2D eigenvalue weighted by atomic mass is 35.5. The third-order valence-corrected chi connectivity index (χ3v) is 11.1. The van der Waals surface area contributed by atoms with Gasteiger partial charge in [-0.1, -0.05) is 109 Å². The van der Waals surface area contributed by atoms with E-state index in [9.17, 15) is 4.79 Å². The second-order valence-electron chi connectivity index (χ2n) is 12.4. The van der Waals surface area contributed by atoms with E-state index in [0.29, 0.717) is 43.0 Å². The second-order valence-corrected chi connectivity index (χ2v) is 14.1. The summed E-state index contributed by atoms with van der Waals surface area (Å²) in [6.07, 6.45) is 11.4. The number of fused-ring (bicyclic) bond motifs is 1. The summed E-state index contributed by atoms with van der Waals surface area (Å²) >= 11 is 14.5. The van der Waals surface area contributed by atoms with E-state index in [1.54, 1.807) is 6.92 Å². The van der Waals surface area contributed by atoms with Crippen LogP contribution >= 0.6 is 34.5 Å². The Morgan fingerprint density at radius 3 is 2.07 bits per heavy atom. The van der Waals surface area contributed by atoms with Crippen LogP contribution in [0.15, 0.2) is 18.5 Å². The number of nitrogens with zero attached hydrogens (tertiary/aromatic N) is 2. The smallest absolute Gasteiger partial charge is 0.170 e. The molecule has 226 valence electrons. The molecule has 0 saturated carbocycles. The summed E-state index contributed by atoms with van der Waals surface area (Å²) in [6, 6.07) is 3.85. The van der Waals surface area contributed by atoms with E-state index < -0.39 is 0 Å². The molecule has 0 aliphatic rings. The quantitative estimate of drug-likeness (QED) is 0.0909. The SMILES string of the molecule is CC(=O)c1sc2ncnc(Cl)c2c1-c1ccc(OCCCCCCCCCC(C(C)C)(C(C)C)C(C)C)c(Cl)c1C. The first kappa shape index (κ1) is 33.8. The maximum atomic E-state index is 12.5. The standard InChI is InChI=1S/C34H48Cl2N2O2S/c1-21(2)34(22(3)4,23(5)6)18-14-12-10-9-11-13-15-19-40-27-17-16-26(24(7)30(27)35)28-29-32(36)37-20-38-33(29)41-31(28)25(8)39/h16-17,20-23H,9-15,18-19H2,1-8H3. The molecule has 0 aliphatic carbocycles. The number of unbranched alkanes of at least 4 members (excludes halogenated alkanes) is 6. The lowest BCUT2D eigenvalue weighted by atomic mass is 9.60. The number of aromatic nitrogens is 2. The molecule has 4 nitrogen and oxygen atoms in total. The lowest BCUT2D eigenvalue weighted by Crippen LogP contribution is -2.38. The number of hydrogen-bond donors (Lipinski definition) is 0. The number of hydrogen-bond acceptors (Lipinski definition) is 5. The summed E-state index contributed by atoms with van der Waals surface area (Å²) in [5.74, 6) is 2.79. The lowest BCUT2D eigenvalue weighted by Gasteiger charge is -2.45. The van der Waals surface area contributed by atoms with Crippen LogP contribution in [0.1, 0.15) is 115 Å². The Labute approximate surface area is 261 Å². The summed E-state index contributed by atoms with van der Waals surface area (Å²) in [6.45, 7) is 18.6. The van der Waals surface area contributed by atoms with Crippen LogP contribution in [-0.2, 0) is 0 Å². The molecule has 7 heteroatoms. The van der Waals surface area contributed by atoms with Crippen LogP contribution in [-0.4, -0.2) is 22.4 Å². The van der Waals surface area contributed by atoms with Gasteiger partial charge in [0.15, 0.2) is 5.78 Å². The minimum atomic E-state index is -0.0373. The summed E-state index contributed by atoms with van der Waals surface area (Å²) in [5.41, 5.74) is 2.90. The van der Waals surface area contributed by atoms with Gasteiger partial charge in [0.1, 0.15) is 22.1 Å². The molecule has 0 spiro atoms. The second kappa shape index (κ2) is 15.2. The van der Waals surface area contributed by atoms with Gasteiger partial charge < -0.3 is 4.74 Å². The van der Waals surface area contributed by atoms with Crippen LogP contribution < -0.4 is 4.74 Å². The highest BCUT2D eigenvalue weighted by Crippen LogP contribution is 2.47. The molecule has 41 heavy (non-hydrogen) atoms. The van der Waals surface area contributed by atoms with Gasteiger partial charge in [0, 0.05) is 5.56 Å². The summed E-state index contributed by atoms with van der Waals surface area (Å²) in [5, 5.41) is 1.58. The Bertz CT molecular complexity index is 1290. The van der Waals surface area contributed by atoms with Crippen LogP contribution in [0.4, 0.5) is 0 Å². The van der Waals surface area contributed by atoms with Crippen LogP contribution in [0, 0.1) is 30.1 Å². The number of ketones is 1. The third kappa shape index (κ3) is 7.64. The number of rotatable bonds is 16. The van der Waals surface area contributed by atoms with Crippen LogP contribution in [0.2, 0.25) is 10.2 Å². The van der Waals surface area contributed by atoms with Crippen LogP contribution in [0.3, 0.4) is 0 Å². The average Bonchev–Trinajstić information content (AvgIpc) is 3.30. The van der Waals surface area contributed by atoms with Gasteiger partial charge in [0.25, 0.3) is 0 Å². The molecule has 3 aromatic rings. The number of carbonyl (C=O) groups excluding carboxylic acids is 1. The van der Waals surface area contributed by atoms with Crippen LogP contribution in [0.25, 0.3) is 21.3 Å². The molecule has 0 bridgehead atoms. The molecule has 0 atom stereocenters. The van der Waals surface area contributed by atoms with E-state index in [1.165, 1.54) is 56.2 Å². The number of ether oxygens (including phenoxy) is 1. The molecule has 0 saturated heterocycles. The van der Waals surface area contributed by atoms with Crippen molar-refractivity contribution in [3.05, 3.63) is 39.1 Å². The van der Waals surface area contributed by atoms with E-state index in [4.69, 9.17) is 27.9 Å². The Kier molecular flexibility index (Phi) is 12.5. The van der Waals surface area contributed by atoms with Gasteiger partial charge in [-0.3, -0.25) is 4.79 Å². The van der Waals surface area contributed by atoms with Crippen LogP contribution in [0.5, 0.6) is 5.75 Å². The van der Waals surface area contributed by atoms with E-state index in [0.717, 1.165) is 47.3 Å². The summed E-state index contributed by atoms with van der Waals surface area (Å²) in [7, 11) is 0. The third-order valence-electron chi connectivity index (χ3n) is 9.12. The fourth-order valence-corrected chi connectivity index (χ4v) is 8.47. The van der Waals surface area contributed by atoms with E-state index in [2.05, 4.69) is 51.5 Å². The van der Waals surface area contributed by atoms with E-state index in [1.807, 2.05) is 19.1 Å². The van der Waals surface area contributed by atoms with Crippen molar-refractivity contribution in [2.45, 2.75) is 107 Å². The molecule has 0 radical (unpaired) electrons. The Hall–Kier alpha value is -1.69. The van der Waals surface area contributed by atoms with Crippen molar-refractivity contribution in [1.29, 1.82) is 0 Å². The zero-order valence-electron chi connectivity index (χ0n) is 26.2. The minimum absolute atomic E-state index is 0.0373. The van der Waals surface area contributed by atoms with E-state index in [-0.39, 0.29) is 5.78 Å². The zero-order chi connectivity index (χ0) is 30.3. The van der Waals surface area contributed by atoms with Gasteiger partial charge in [-0.25, -0.2) is 9.97 Å². The molecule has 0 N–H and O–H groups in total. The molecule has 3 rings (SSSR count). The van der Waals surface area contributed by atoms with Crippen molar-refractivity contribution < 1.29 is 9.53 Å². The molecule has 0 amide bonds. The molecule has 2 heterocycles. The fourth-order valence-electron chi connectivity index (χ4n) is 6.91. The van der Waals surface area contributed by atoms with Crippen molar-refractivity contribution in [3.63, 3.8) is 0 Å². The molecule has 0 unspecified atom stereocenters. The average molecular weight is 620 g/mol. The van der Waals surface area contributed by atoms with Gasteiger partial charge in [-0.15, -0.1) is 11.3 Å². The van der Waals surface area contributed by atoms with Crippen molar-refractivity contribution in [3.8, 4) is 16.9 Å².